The molecule has 0 amide bonds. The van der Waals surface area contributed by atoms with Gasteiger partial charge in [-0.15, -0.1) is 0 Å². The van der Waals surface area contributed by atoms with Crippen LogP contribution in [0.3, 0.4) is 0 Å². The highest BCUT2D eigenvalue weighted by Gasteiger charge is 2.30. The van der Waals surface area contributed by atoms with Gasteiger partial charge >= 0.3 is 11.9 Å². The minimum absolute atomic E-state index is 0.0231. The molecule has 6 nitrogen and oxygen atoms in total. The SMILES string of the molecule is CC1CCOC1C(=O)O.Cc1ccoc1C(=O)O. The summed E-state index contributed by atoms with van der Waals surface area (Å²) in [6, 6.07) is 1.61. The van der Waals surface area contributed by atoms with Crippen LogP contribution in [0.2, 0.25) is 0 Å². The number of furan rings is 1. The summed E-state index contributed by atoms with van der Waals surface area (Å²) in [6.07, 6.45) is 1.68. The summed E-state index contributed by atoms with van der Waals surface area (Å²) in [7, 11) is 0. The Bertz CT molecular complexity index is 422. The predicted molar refractivity (Wildman–Crippen MR) is 61.6 cm³/mol. The van der Waals surface area contributed by atoms with E-state index in [1.54, 1.807) is 13.0 Å². The third kappa shape index (κ3) is 3.59. The molecule has 2 N–H and O–H groups in total. The molecule has 0 saturated carbocycles. The molecular weight excluding hydrogens is 240 g/mol. The first kappa shape index (κ1) is 14.2. The molecule has 1 aromatic heterocycles. The Balaban J connectivity index is 0.000000180. The van der Waals surface area contributed by atoms with Crippen molar-refractivity contribution in [2.24, 2.45) is 5.92 Å². The van der Waals surface area contributed by atoms with Gasteiger partial charge in [-0.25, -0.2) is 9.59 Å². The van der Waals surface area contributed by atoms with Gasteiger partial charge in [-0.05, 0) is 25.3 Å². The molecule has 0 radical (unpaired) electrons. The van der Waals surface area contributed by atoms with Crippen molar-refractivity contribution < 1.29 is 29.0 Å². The van der Waals surface area contributed by atoms with Gasteiger partial charge in [0, 0.05) is 12.2 Å². The summed E-state index contributed by atoms with van der Waals surface area (Å²) < 4.78 is 9.55. The van der Waals surface area contributed by atoms with Crippen molar-refractivity contribution in [3.8, 4) is 0 Å². The Morgan fingerprint density at radius 1 is 1.39 bits per heavy atom. The maximum Gasteiger partial charge on any atom is 0.372 e. The fourth-order valence-corrected chi connectivity index (χ4v) is 1.60. The van der Waals surface area contributed by atoms with Crippen LogP contribution in [0.25, 0.3) is 0 Å². The lowest BCUT2D eigenvalue weighted by Crippen LogP contribution is -2.24. The number of rotatable bonds is 2. The number of aryl methyl sites for hydroxylation is 1. The van der Waals surface area contributed by atoms with Gasteiger partial charge in [0.15, 0.2) is 6.10 Å². The van der Waals surface area contributed by atoms with Gasteiger partial charge in [-0.3, -0.25) is 0 Å². The Morgan fingerprint density at radius 2 is 2.06 bits per heavy atom. The van der Waals surface area contributed by atoms with Crippen LogP contribution < -0.4 is 0 Å². The minimum Gasteiger partial charge on any atom is -0.479 e. The second kappa shape index (κ2) is 6.20. The molecule has 2 unspecified atom stereocenters. The van der Waals surface area contributed by atoms with Crippen molar-refractivity contribution in [2.45, 2.75) is 26.4 Å². The van der Waals surface area contributed by atoms with Crippen molar-refractivity contribution in [3.05, 3.63) is 23.7 Å². The van der Waals surface area contributed by atoms with E-state index in [2.05, 4.69) is 4.42 Å². The second-order valence-corrected chi connectivity index (χ2v) is 4.13. The maximum absolute atomic E-state index is 10.3. The van der Waals surface area contributed by atoms with Crippen LogP contribution in [0.4, 0.5) is 0 Å². The lowest BCUT2D eigenvalue weighted by molar-refractivity contribution is -0.148. The highest BCUT2D eigenvalue weighted by molar-refractivity contribution is 5.85. The summed E-state index contributed by atoms with van der Waals surface area (Å²) in [5, 5.41) is 16.8. The molecule has 1 saturated heterocycles. The fraction of sp³-hybridized carbons (Fsp3) is 0.500. The quantitative estimate of drug-likeness (QED) is 0.837. The smallest absolute Gasteiger partial charge is 0.372 e. The largest absolute Gasteiger partial charge is 0.479 e. The zero-order valence-electron chi connectivity index (χ0n) is 10.3. The van der Waals surface area contributed by atoms with E-state index >= 15 is 0 Å². The Hall–Kier alpha value is -1.82. The molecule has 18 heavy (non-hydrogen) atoms. The first-order valence-corrected chi connectivity index (χ1v) is 5.55. The first-order chi connectivity index (χ1) is 8.43. The van der Waals surface area contributed by atoms with Crippen LogP contribution in [0, 0.1) is 12.8 Å². The summed E-state index contributed by atoms with van der Waals surface area (Å²) in [6.45, 7) is 4.18. The summed E-state index contributed by atoms with van der Waals surface area (Å²) in [5.41, 5.74) is 0.655. The zero-order chi connectivity index (χ0) is 13.7. The third-order valence-corrected chi connectivity index (χ3v) is 2.69. The minimum atomic E-state index is -1.02. The van der Waals surface area contributed by atoms with E-state index in [9.17, 15) is 9.59 Å². The van der Waals surface area contributed by atoms with E-state index in [0.717, 1.165) is 6.42 Å². The topological polar surface area (TPSA) is 97.0 Å². The average Bonchev–Trinajstić information content (AvgIpc) is 2.87. The van der Waals surface area contributed by atoms with E-state index < -0.39 is 18.0 Å². The first-order valence-electron chi connectivity index (χ1n) is 5.55. The van der Waals surface area contributed by atoms with Crippen LogP contribution in [-0.2, 0) is 9.53 Å². The van der Waals surface area contributed by atoms with Crippen molar-refractivity contribution in [3.63, 3.8) is 0 Å². The van der Waals surface area contributed by atoms with Gasteiger partial charge in [0.1, 0.15) is 0 Å². The molecule has 1 aliphatic rings. The number of aromatic carboxylic acids is 1. The molecule has 1 aliphatic heterocycles. The number of aliphatic carboxylic acids is 1. The summed E-state index contributed by atoms with van der Waals surface area (Å²) >= 11 is 0. The molecule has 0 aliphatic carbocycles. The third-order valence-electron chi connectivity index (χ3n) is 2.69. The van der Waals surface area contributed by atoms with Gasteiger partial charge in [0.05, 0.1) is 6.26 Å². The molecule has 1 aromatic rings. The highest BCUT2D eigenvalue weighted by Crippen LogP contribution is 2.19. The number of ether oxygens (including phenoxy) is 1. The van der Waals surface area contributed by atoms with Crippen molar-refractivity contribution in [1.29, 1.82) is 0 Å². The number of carbonyl (C=O) groups is 2. The Morgan fingerprint density at radius 3 is 2.28 bits per heavy atom. The molecule has 6 heteroatoms. The molecule has 0 spiro atoms. The average molecular weight is 256 g/mol. The summed E-state index contributed by atoms with van der Waals surface area (Å²) in [4.78, 5) is 20.5. The predicted octanol–water partition coefficient (Wildman–Crippen LogP) is 1.78. The van der Waals surface area contributed by atoms with E-state index in [4.69, 9.17) is 14.9 Å². The number of hydrogen-bond donors (Lipinski definition) is 2. The molecule has 0 bridgehead atoms. The van der Waals surface area contributed by atoms with Gasteiger partial charge in [0.2, 0.25) is 5.76 Å². The van der Waals surface area contributed by atoms with Crippen molar-refractivity contribution in [2.75, 3.05) is 6.61 Å². The van der Waals surface area contributed by atoms with E-state index in [-0.39, 0.29) is 11.7 Å². The number of hydrogen-bond acceptors (Lipinski definition) is 4. The van der Waals surface area contributed by atoms with E-state index in [0.29, 0.717) is 12.2 Å². The normalized spacial score (nSPS) is 22.1. The second-order valence-electron chi connectivity index (χ2n) is 4.13. The van der Waals surface area contributed by atoms with Crippen LogP contribution in [-0.4, -0.2) is 34.9 Å². The maximum atomic E-state index is 10.3. The van der Waals surface area contributed by atoms with E-state index in [1.165, 1.54) is 6.26 Å². The van der Waals surface area contributed by atoms with Crippen molar-refractivity contribution in [1.82, 2.24) is 0 Å². The van der Waals surface area contributed by atoms with Crippen LogP contribution in [0.1, 0.15) is 29.5 Å². The van der Waals surface area contributed by atoms with E-state index in [1.807, 2.05) is 6.92 Å². The molecule has 2 rings (SSSR count). The lowest BCUT2D eigenvalue weighted by atomic mass is 10.1. The molecule has 2 heterocycles. The van der Waals surface area contributed by atoms with Crippen molar-refractivity contribution >= 4 is 11.9 Å². The van der Waals surface area contributed by atoms with Gasteiger partial charge < -0.3 is 19.4 Å². The van der Waals surface area contributed by atoms with Gasteiger partial charge in [-0.2, -0.15) is 0 Å². The molecule has 2 atom stereocenters. The molecule has 0 aromatic carbocycles. The highest BCUT2D eigenvalue weighted by atomic mass is 16.5. The number of carboxylic acids is 2. The Labute approximate surface area is 104 Å². The molecule has 100 valence electrons. The van der Waals surface area contributed by atoms with Crippen LogP contribution >= 0.6 is 0 Å². The fourth-order valence-electron chi connectivity index (χ4n) is 1.60. The molecule has 1 fully saturated rings. The monoisotopic (exact) mass is 256 g/mol. The van der Waals surface area contributed by atoms with Crippen LogP contribution in [0.5, 0.6) is 0 Å². The Kier molecular flexibility index (Phi) is 4.91. The van der Waals surface area contributed by atoms with Crippen LogP contribution in [0.15, 0.2) is 16.7 Å². The lowest BCUT2D eigenvalue weighted by Gasteiger charge is -2.06. The van der Waals surface area contributed by atoms with Gasteiger partial charge in [0.25, 0.3) is 0 Å². The number of carboxylic acid groups (broad SMARTS) is 2. The zero-order valence-corrected chi connectivity index (χ0v) is 10.3. The van der Waals surface area contributed by atoms with Gasteiger partial charge in [-0.1, -0.05) is 6.92 Å². The molecular formula is C12H16O6. The standard InChI is InChI=1S/C6H10O3.C6H6O3/c2*1-4-2-3-9-5(4)6(7)8/h4-5H,2-3H2,1H3,(H,7,8);2-3H,1H3,(H,7,8). The summed E-state index contributed by atoms with van der Waals surface area (Å²) in [5.74, 6) is -1.64.